The first-order valence-electron chi connectivity index (χ1n) is 4.42. The smallest absolute Gasteiger partial charge is 0.135 e. The molecule has 0 bridgehead atoms. The van der Waals surface area contributed by atoms with Crippen LogP contribution in [0, 0.1) is 0 Å². The summed E-state index contributed by atoms with van der Waals surface area (Å²) in [5, 5.41) is 3.88. The van der Waals surface area contributed by atoms with E-state index in [1.807, 2.05) is 0 Å². The van der Waals surface area contributed by atoms with Crippen LogP contribution in [0.3, 0.4) is 0 Å². The monoisotopic (exact) mass is 197 g/mol. The molecular weight excluding hydrogens is 186 g/mol. The first kappa shape index (κ1) is 8.78. The average molecular weight is 198 g/mol. The second-order valence-corrected chi connectivity index (χ2v) is 3.61. The third-order valence-corrected chi connectivity index (χ3v) is 2.69. The minimum Gasteiger partial charge on any atom is -0.398 e. The quantitative estimate of drug-likeness (QED) is 0.675. The van der Waals surface area contributed by atoms with E-state index in [-0.39, 0.29) is 0 Å². The van der Waals surface area contributed by atoms with Crippen molar-refractivity contribution in [3.63, 3.8) is 0 Å². The predicted molar refractivity (Wildman–Crippen MR) is 53.6 cm³/mol. The highest BCUT2D eigenvalue weighted by molar-refractivity contribution is 6.30. The summed E-state index contributed by atoms with van der Waals surface area (Å²) in [5.74, 6) is 0. The number of aromatic nitrogens is 1. The summed E-state index contributed by atoms with van der Waals surface area (Å²) in [6, 6.07) is 2.09. The molecule has 0 aromatic carbocycles. The SMILES string of the molecule is Nc1ccnc(Cl)c1[C@@H]1CCCN1. The molecule has 1 aromatic rings. The first-order valence-corrected chi connectivity index (χ1v) is 4.80. The molecule has 4 heteroatoms. The Morgan fingerprint density at radius 3 is 3.08 bits per heavy atom. The molecule has 0 radical (unpaired) electrons. The van der Waals surface area contributed by atoms with Gasteiger partial charge in [0.2, 0.25) is 0 Å². The van der Waals surface area contributed by atoms with Crippen molar-refractivity contribution < 1.29 is 0 Å². The Morgan fingerprint density at radius 2 is 2.46 bits per heavy atom. The molecular formula is C9H12ClN3. The van der Waals surface area contributed by atoms with Crippen molar-refractivity contribution >= 4 is 17.3 Å². The zero-order valence-corrected chi connectivity index (χ0v) is 8.01. The summed E-state index contributed by atoms with van der Waals surface area (Å²) >= 11 is 5.98. The van der Waals surface area contributed by atoms with Crippen LogP contribution in [0.2, 0.25) is 5.15 Å². The van der Waals surface area contributed by atoms with E-state index in [0.717, 1.165) is 24.2 Å². The van der Waals surface area contributed by atoms with Gasteiger partial charge in [-0.05, 0) is 25.5 Å². The van der Waals surface area contributed by atoms with Crippen LogP contribution in [0.15, 0.2) is 12.3 Å². The molecule has 0 unspecified atom stereocenters. The summed E-state index contributed by atoms with van der Waals surface area (Å²) in [6.45, 7) is 1.04. The molecule has 70 valence electrons. The van der Waals surface area contributed by atoms with E-state index in [1.54, 1.807) is 12.3 Å². The molecule has 1 aromatic heterocycles. The predicted octanol–water partition coefficient (Wildman–Crippen LogP) is 1.74. The van der Waals surface area contributed by atoms with Crippen molar-refractivity contribution in [2.75, 3.05) is 12.3 Å². The van der Waals surface area contributed by atoms with Gasteiger partial charge in [0, 0.05) is 23.5 Å². The lowest BCUT2D eigenvalue weighted by atomic mass is 10.1. The number of hydrogen-bond acceptors (Lipinski definition) is 3. The van der Waals surface area contributed by atoms with Crippen molar-refractivity contribution in [2.24, 2.45) is 0 Å². The zero-order valence-electron chi connectivity index (χ0n) is 7.26. The summed E-state index contributed by atoms with van der Waals surface area (Å²) in [5.41, 5.74) is 7.53. The Kier molecular flexibility index (Phi) is 2.38. The second kappa shape index (κ2) is 3.52. The van der Waals surface area contributed by atoms with E-state index in [0.29, 0.717) is 11.2 Å². The van der Waals surface area contributed by atoms with Crippen LogP contribution in [0.25, 0.3) is 0 Å². The van der Waals surface area contributed by atoms with Crippen LogP contribution in [0.5, 0.6) is 0 Å². The Balaban J connectivity index is 2.37. The third kappa shape index (κ3) is 1.62. The van der Waals surface area contributed by atoms with E-state index in [4.69, 9.17) is 17.3 Å². The second-order valence-electron chi connectivity index (χ2n) is 3.25. The molecule has 1 atom stereocenters. The van der Waals surface area contributed by atoms with Crippen molar-refractivity contribution in [1.29, 1.82) is 0 Å². The van der Waals surface area contributed by atoms with Gasteiger partial charge in [-0.25, -0.2) is 4.98 Å². The summed E-state index contributed by atoms with van der Waals surface area (Å²) < 4.78 is 0. The molecule has 0 aliphatic carbocycles. The molecule has 0 saturated carbocycles. The fraction of sp³-hybridized carbons (Fsp3) is 0.444. The fourth-order valence-electron chi connectivity index (χ4n) is 1.74. The normalized spacial score (nSPS) is 22.1. The molecule has 3 nitrogen and oxygen atoms in total. The Bertz CT molecular complexity index is 287. The van der Waals surface area contributed by atoms with Gasteiger partial charge in [0.15, 0.2) is 0 Å². The number of pyridine rings is 1. The summed E-state index contributed by atoms with van der Waals surface area (Å²) in [6.07, 6.45) is 3.90. The van der Waals surface area contributed by atoms with E-state index in [2.05, 4.69) is 10.3 Å². The number of nitrogens with one attached hydrogen (secondary N) is 1. The van der Waals surface area contributed by atoms with Gasteiger partial charge in [0.1, 0.15) is 5.15 Å². The van der Waals surface area contributed by atoms with Crippen LogP contribution in [-0.4, -0.2) is 11.5 Å². The van der Waals surface area contributed by atoms with Crippen molar-refractivity contribution in [3.8, 4) is 0 Å². The van der Waals surface area contributed by atoms with Gasteiger partial charge >= 0.3 is 0 Å². The molecule has 2 heterocycles. The van der Waals surface area contributed by atoms with Crippen LogP contribution >= 0.6 is 11.6 Å². The highest BCUT2D eigenvalue weighted by Gasteiger charge is 2.21. The van der Waals surface area contributed by atoms with Crippen LogP contribution < -0.4 is 11.1 Å². The molecule has 1 fully saturated rings. The topological polar surface area (TPSA) is 50.9 Å². The van der Waals surface area contributed by atoms with E-state index in [9.17, 15) is 0 Å². The van der Waals surface area contributed by atoms with Crippen molar-refractivity contribution in [3.05, 3.63) is 23.0 Å². The molecule has 3 N–H and O–H groups in total. The van der Waals surface area contributed by atoms with Crippen LogP contribution in [0.1, 0.15) is 24.4 Å². The molecule has 0 spiro atoms. The highest BCUT2D eigenvalue weighted by Crippen LogP contribution is 2.31. The lowest BCUT2D eigenvalue weighted by Gasteiger charge is -2.13. The number of halogens is 1. The number of rotatable bonds is 1. The number of hydrogen-bond donors (Lipinski definition) is 2. The number of nitrogens with two attached hydrogens (primary N) is 1. The summed E-state index contributed by atoms with van der Waals surface area (Å²) in [7, 11) is 0. The van der Waals surface area contributed by atoms with Gasteiger partial charge in [0.25, 0.3) is 0 Å². The van der Waals surface area contributed by atoms with Crippen LogP contribution in [-0.2, 0) is 0 Å². The maximum absolute atomic E-state index is 5.98. The lowest BCUT2D eigenvalue weighted by molar-refractivity contribution is 0.647. The van der Waals surface area contributed by atoms with Gasteiger partial charge in [0.05, 0.1) is 0 Å². The van der Waals surface area contributed by atoms with Crippen molar-refractivity contribution in [1.82, 2.24) is 10.3 Å². The Hall–Kier alpha value is -0.800. The number of nitrogen functional groups attached to an aromatic ring is 1. The van der Waals surface area contributed by atoms with Gasteiger partial charge < -0.3 is 11.1 Å². The first-order chi connectivity index (χ1) is 6.29. The van der Waals surface area contributed by atoms with E-state index in [1.165, 1.54) is 6.42 Å². The molecule has 13 heavy (non-hydrogen) atoms. The largest absolute Gasteiger partial charge is 0.398 e. The van der Waals surface area contributed by atoms with E-state index >= 15 is 0 Å². The van der Waals surface area contributed by atoms with Crippen LogP contribution in [0.4, 0.5) is 5.69 Å². The third-order valence-electron chi connectivity index (χ3n) is 2.38. The Labute approximate surface area is 82.3 Å². The number of anilines is 1. The minimum atomic E-state index is 0.293. The zero-order chi connectivity index (χ0) is 9.26. The minimum absolute atomic E-state index is 0.293. The van der Waals surface area contributed by atoms with Crippen molar-refractivity contribution in [2.45, 2.75) is 18.9 Å². The molecule has 0 amide bonds. The molecule has 2 rings (SSSR count). The highest BCUT2D eigenvalue weighted by atomic mass is 35.5. The molecule has 1 aliphatic rings. The standard InChI is InChI=1S/C9H12ClN3/c10-9-8(6(11)3-5-13-9)7-2-1-4-12-7/h3,5,7,12H,1-2,4H2,(H2,11,13)/t7-/m0/s1. The summed E-state index contributed by atoms with van der Waals surface area (Å²) in [4.78, 5) is 4.03. The lowest BCUT2D eigenvalue weighted by Crippen LogP contribution is -2.15. The maximum Gasteiger partial charge on any atom is 0.135 e. The maximum atomic E-state index is 5.98. The molecule has 1 aliphatic heterocycles. The number of nitrogens with zero attached hydrogens (tertiary/aromatic N) is 1. The average Bonchev–Trinajstić information content (AvgIpc) is 2.57. The van der Waals surface area contributed by atoms with E-state index < -0.39 is 0 Å². The van der Waals surface area contributed by atoms with Gasteiger partial charge in [-0.3, -0.25) is 0 Å². The van der Waals surface area contributed by atoms with Gasteiger partial charge in [-0.2, -0.15) is 0 Å². The fourth-order valence-corrected chi connectivity index (χ4v) is 2.03. The Morgan fingerprint density at radius 1 is 1.62 bits per heavy atom. The van der Waals surface area contributed by atoms with Gasteiger partial charge in [-0.15, -0.1) is 0 Å². The van der Waals surface area contributed by atoms with Gasteiger partial charge in [-0.1, -0.05) is 11.6 Å². The molecule has 1 saturated heterocycles.